The van der Waals surface area contributed by atoms with E-state index in [0.717, 1.165) is 30.4 Å². The lowest BCUT2D eigenvalue weighted by Gasteiger charge is -2.35. The van der Waals surface area contributed by atoms with E-state index in [4.69, 9.17) is 4.74 Å². The predicted molar refractivity (Wildman–Crippen MR) is 126 cm³/mol. The number of rotatable bonds is 6. The number of esters is 1. The van der Waals surface area contributed by atoms with Gasteiger partial charge in [0.1, 0.15) is 0 Å². The average Bonchev–Trinajstić information content (AvgIpc) is 3.38. The van der Waals surface area contributed by atoms with Crippen LogP contribution in [0.4, 0.5) is 0 Å². The summed E-state index contributed by atoms with van der Waals surface area (Å²) in [7, 11) is 0. The Bertz CT molecular complexity index is 1180. The van der Waals surface area contributed by atoms with Gasteiger partial charge >= 0.3 is 5.97 Å². The SMILES string of the molecule is CCCOC(=O)c1ccc(C[C@@]2(C3=Cc4ccccc4C3)Cc3ccccc3[C@H]2O)cc1. The molecule has 3 nitrogen and oxygen atoms in total. The van der Waals surface area contributed by atoms with Gasteiger partial charge in [-0.05, 0) is 65.6 Å². The largest absolute Gasteiger partial charge is 0.462 e. The van der Waals surface area contributed by atoms with Crippen LogP contribution in [0.3, 0.4) is 0 Å². The van der Waals surface area contributed by atoms with Crippen LogP contribution >= 0.6 is 0 Å². The van der Waals surface area contributed by atoms with E-state index in [1.807, 2.05) is 37.3 Å². The lowest BCUT2D eigenvalue weighted by atomic mass is 9.70. The van der Waals surface area contributed by atoms with Gasteiger partial charge in [0.25, 0.3) is 0 Å². The van der Waals surface area contributed by atoms with Crippen molar-refractivity contribution in [3.63, 3.8) is 0 Å². The van der Waals surface area contributed by atoms with E-state index < -0.39 is 11.5 Å². The van der Waals surface area contributed by atoms with Crippen molar-refractivity contribution in [1.29, 1.82) is 0 Å². The van der Waals surface area contributed by atoms with Gasteiger partial charge in [-0.3, -0.25) is 0 Å². The Morgan fingerprint density at radius 1 is 1.00 bits per heavy atom. The zero-order valence-corrected chi connectivity index (χ0v) is 18.4. The molecule has 0 saturated carbocycles. The standard InChI is InChI=1S/C29H28O3/c1-2-15-32-28(31)21-13-11-20(12-14-21)18-29(19-24-9-5-6-10-26(24)27(29)30)25-16-22-7-3-4-8-23(22)17-25/h3-14,16,27,30H,2,15,17-19H2,1H3/t27-,29+/m1/s1. The second-order valence-corrected chi connectivity index (χ2v) is 8.99. The van der Waals surface area contributed by atoms with Crippen molar-refractivity contribution in [1.82, 2.24) is 0 Å². The van der Waals surface area contributed by atoms with Crippen molar-refractivity contribution >= 4 is 12.0 Å². The van der Waals surface area contributed by atoms with E-state index in [1.54, 1.807) is 0 Å². The van der Waals surface area contributed by atoms with Crippen LogP contribution in [0.15, 0.2) is 78.4 Å². The molecule has 2 aliphatic carbocycles. The second-order valence-electron chi connectivity index (χ2n) is 8.99. The molecule has 3 aromatic rings. The maximum atomic E-state index is 12.2. The summed E-state index contributed by atoms with van der Waals surface area (Å²) in [4.78, 5) is 12.2. The van der Waals surface area contributed by atoms with Gasteiger partial charge in [0, 0.05) is 5.41 Å². The summed E-state index contributed by atoms with van der Waals surface area (Å²) >= 11 is 0. The predicted octanol–water partition coefficient (Wildman–Crippen LogP) is 5.71. The van der Waals surface area contributed by atoms with Gasteiger partial charge in [-0.1, -0.05) is 79.2 Å². The number of ether oxygens (including phenoxy) is 1. The topological polar surface area (TPSA) is 46.5 Å². The number of aliphatic hydroxyl groups excluding tert-OH is 1. The van der Waals surface area contributed by atoms with Gasteiger partial charge in [-0.15, -0.1) is 0 Å². The Kier molecular flexibility index (Phi) is 5.44. The lowest BCUT2D eigenvalue weighted by molar-refractivity contribution is 0.0504. The molecule has 0 heterocycles. The fourth-order valence-electron chi connectivity index (χ4n) is 5.26. The van der Waals surface area contributed by atoms with E-state index in [0.29, 0.717) is 18.6 Å². The highest BCUT2D eigenvalue weighted by atomic mass is 16.5. The molecule has 0 aliphatic heterocycles. The highest BCUT2D eigenvalue weighted by molar-refractivity contribution is 5.89. The van der Waals surface area contributed by atoms with E-state index >= 15 is 0 Å². The third-order valence-corrected chi connectivity index (χ3v) is 6.93. The molecule has 32 heavy (non-hydrogen) atoms. The Morgan fingerprint density at radius 3 is 2.44 bits per heavy atom. The van der Waals surface area contributed by atoms with Crippen molar-refractivity contribution < 1.29 is 14.6 Å². The molecule has 3 heteroatoms. The van der Waals surface area contributed by atoms with E-state index in [9.17, 15) is 9.90 Å². The molecule has 3 aromatic carbocycles. The molecule has 2 aliphatic rings. The highest BCUT2D eigenvalue weighted by Crippen LogP contribution is 2.54. The molecule has 0 radical (unpaired) electrons. The summed E-state index contributed by atoms with van der Waals surface area (Å²) in [6, 6.07) is 24.4. The van der Waals surface area contributed by atoms with Crippen molar-refractivity contribution in [2.24, 2.45) is 5.41 Å². The maximum absolute atomic E-state index is 12.2. The number of hydrogen-bond donors (Lipinski definition) is 1. The average molecular weight is 425 g/mol. The highest BCUT2D eigenvalue weighted by Gasteiger charge is 2.48. The van der Waals surface area contributed by atoms with Crippen LogP contribution in [0.1, 0.15) is 57.6 Å². The Morgan fingerprint density at radius 2 is 1.72 bits per heavy atom. The third kappa shape index (κ3) is 3.57. The molecule has 162 valence electrons. The third-order valence-electron chi connectivity index (χ3n) is 6.93. The van der Waals surface area contributed by atoms with E-state index in [2.05, 4.69) is 48.5 Å². The molecular weight excluding hydrogens is 396 g/mol. The van der Waals surface area contributed by atoms with E-state index in [-0.39, 0.29) is 5.97 Å². The molecule has 0 amide bonds. The molecule has 1 N–H and O–H groups in total. The summed E-state index contributed by atoms with van der Waals surface area (Å²) < 4.78 is 5.26. The van der Waals surface area contributed by atoms with Crippen molar-refractivity contribution in [3.05, 3.63) is 112 Å². The lowest BCUT2D eigenvalue weighted by Crippen LogP contribution is -2.31. The van der Waals surface area contributed by atoms with Gasteiger partial charge in [-0.25, -0.2) is 4.79 Å². The minimum Gasteiger partial charge on any atom is -0.462 e. The summed E-state index contributed by atoms with van der Waals surface area (Å²) in [6.07, 6.45) is 4.91. The van der Waals surface area contributed by atoms with Crippen LogP contribution < -0.4 is 0 Å². The maximum Gasteiger partial charge on any atom is 0.338 e. The quantitative estimate of drug-likeness (QED) is 0.516. The fourth-order valence-corrected chi connectivity index (χ4v) is 5.26. The molecule has 5 rings (SSSR count). The molecule has 0 saturated heterocycles. The molecule has 0 spiro atoms. The van der Waals surface area contributed by atoms with Gasteiger partial charge in [0.2, 0.25) is 0 Å². The number of carbonyl (C=O) groups is 1. The number of aliphatic hydroxyl groups is 1. The summed E-state index contributed by atoms with van der Waals surface area (Å²) in [5, 5.41) is 11.6. The molecular formula is C29H28O3. The smallest absolute Gasteiger partial charge is 0.338 e. The normalized spacial score (nSPS) is 21.1. The monoisotopic (exact) mass is 424 g/mol. The van der Waals surface area contributed by atoms with Crippen LogP contribution in [-0.4, -0.2) is 17.7 Å². The first kappa shape index (κ1) is 20.7. The first-order chi connectivity index (χ1) is 15.6. The van der Waals surface area contributed by atoms with Crippen LogP contribution in [0, 0.1) is 5.41 Å². The van der Waals surface area contributed by atoms with Crippen LogP contribution in [-0.2, 0) is 24.0 Å². The number of benzene rings is 3. The summed E-state index contributed by atoms with van der Waals surface area (Å²) in [6.45, 7) is 2.42. The molecule has 0 bridgehead atoms. The van der Waals surface area contributed by atoms with E-state index in [1.165, 1.54) is 22.3 Å². The van der Waals surface area contributed by atoms with Crippen molar-refractivity contribution in [2.45, 2.75) is 38.7 Å². The van der Waals surface area contributed by atoms with Gasteiger partial charge < -0.3 is 9.84 Å². The minimum absolute atomic E-state index is 0.282. The van der Waals surface area contributed by atoms with Crippen molar-refractivity contribution in [3.8, 4) is 0 Å². The van der Waals surface area contributed by atoms with Gasteiger partial charge in [0.05, 0.1) is 18.3 Å². The number of fused-ring (bicyclic) bond motifs is 2. The molecule has 0 fully saturated rings. The van der Waals surface area contributed by atoms with Crippen molar-refractivity contribution in [2.75, 3.05) is 6.61 Å². The van der Waals surface area contributed by atoms with Crippen LogP contribution in [0.25, 0.3) is 6.08 Å². The van der Waals surface area contributed by atoms with Gasteiger partial charge in [-0.2, -0.15) is 0 Å². The van der Waals surface area contributed by atoms with Crippen LogP contribution in [0.2, 0.25) is 0 Å². The summed E-state index contributed by atoms with van der Waals surface area (Å²) in [5.41, 5.74) is 7.39. The first-order valence-corrected chi connectivity index (χ1v) is 11.4. The Hall–Kier alpha value is -3.17. The first-order valence-electron chi connectivity index (χ1n) is 11.4. The molecule has 0 unspecified atom stereocenters. The summed E-state index contributed by atoms with van der Waals surface area (Å²) in [5.74, 6) is -0.282. The second kappa shape index (κ2) is 8.40. The number of hydrogen-bond acceptors (Lipinski definition) is 3. The number of carbonyl (C=O) groups excluding carboxylic acids is 1. The molecule has 2 atom stereocenters. The minimum atomic E-state index is -0.562. The Balaban J connectivity index is 1.48. The zero-order chi connectivity index (χ0) is 22.1. The van der Waals surface area contributed by atoms with Crippen LogP contribution in [0.5, 0.6) is 0 Å². The molecule has 0 aromatic heterocycles. The van der Waals surface area contributed by atoms with Gasteiger partial charge in [0.15, 0.2) is 0 Å². The Labute approximate surface area is 189 Å². The fraction of sp³-hybridized carbons (Fsp3) is 0.276. The zero-order valence-electron chi connectivity index (χ0n) is 18.4.